The first kappa shape index (κ1) is 37.4. The number of likely N-dealkylation sites (N-methyl/N-ethyl adjacent to an activating group) is 1. The molecule has 0 saturated carbocycles. The molecular weight excluding hydrogens is 570 g/mol. The van der Waals surface area contributed by atoms with Gasteiger partial charge in [-0.05, 0) is 69.2 Å². The van der Waals surface area contributed by atoms with E-state index >= 15 is 0 Å². The average Bonchev–Trinajstić information content (AvgIpc) is 3.30. The molecule has 248 valence electrons. The molecule has 0 radical (unpaired) electrons. The monoisotopic (exact) mass is 623 g/mol. The van der Waals surface area contributed by atoms with Crippen LogP contribution in [0, 0.1) is 17.8 Å². The lowest BCUT2D eigenvalue weighted by Crippen LogP contribution is -2.57. The number of benzene rings is 1. The van der Waals surface area contributed by atoms with Gasteiger partial charge in [0.1, 0.15) is 12.1 Å². The molecule has 5 amide bonds. The van der Waals surface area contributed by atoms with E-state index in [9.17, 15) is 24.0 Å². The fourth-order valence-corrected chi connectivity index (χ4v) is 5.49. The summed E-state index contributed by atoms with van der Waals surface area (Å²) in [5.41, 5.74) is 1.92. The molecule has 3 N–H and O–H groups in total. The minimum Gasteiger partial charge on any atom is -0.348 e. The number of amides is 5. The number of carbonyl (C=O) groups excluding carboxylic acids is 5. The molecule has 10 nitrogen and oxygen atoms in total. The van der Waals surface area contributed by atoms with E-state index in [1.165, 1.54) is 23.1 Å². The topological polar surface area (TPSA) is 128 Å². The minimum absolute atomic E-state index is 0.0415. The summed E-state index contributed by atoms with van der Waals surface area (Å²) >= 11 is 0. The number of hydrogen-bond donors (Lipinski definition) is 3. The highest BCUT2D eigenvalue weighted by molar-refractivity contribution is 6.07. The van der Waals surface area contributed by atoms with Crippen molar-refractivity contribution in [3.63, 3.8) is 0 Å². The Kier molecular flexibility index (Phi) is 14.7. The Hall–Kier alpha value is -3.79. The first-order valence-electron chi connectivity index (χ1n) is 15.9. The highest BCUT2D eigenvalue weighted by atomic mass is 16.2. The van der Waals surface area contributed by atoms with Crippen LogP contribution >= 0.6 is 0 Å². The summed E-state index contributed by atoms with van der Waals surface area (Å²) in [6, 6.07) is 7.16. The largest absolute Gasteiger partial charge is 0.348 e. The molecule has 0 fully saturated rings. The predicted octanol–water partition coefficient (Wildman–Crippen LogP) is 3.23. The van der Waals surface area contributed by atoms with E-state index in [0.717, 1.165) is 11.1 Å². The van der Waals surface area contributed by atoms with E-state index in [1.807, 2.05) is 90.9 Å². The first-order chi connectivity index (χ1) is 21.1. The van der Waals surface area contributed by atoms with E-state index in [4.69, 9.17) is 0 Å². The van der Waals surface area contributed by atoms with Gasteiger partial charge >= 0.3 is 0 Å². The van der Waals surface area contributed by atoms with E-state index < -0.39 is 41.9 Å². The van der Waals surface area contributed by atoms with Gasteiger partial charge in [0.15, 0.2) is 0 Å². The zero-order valence-corrected chi connectivity index (χ0v) is 28.4. The van der Waals surface area contributed by atoms with Gasteiger partial charge in [-0.15, -0.1) is 0 Å². The maximum absolute atomic E-state index is 13.5. The van der Waals surface area contributed by atoms with Crippen molar-refractivity contribution in [2.75, 3.05) is 20.6 Å². The van der Waals surface area contributed by atoms with Gasteiger partial charge in [-0.3, -0.25) is 33.8 Å². The zero-order chi connectivity index (χ0) is 33.8. The number of imide groups is 1. The van der Waals surface area contributed by atoms with Crippen molar-refractivity contribution < 1.29 is 24.0 Å². The molecule has 1 heterocycles. The van der Waals surface area contributed by atoms with Crippen LogP contribution in [0.4, 0.5) is 0 Å². The summed E-state index contributed by atoms with van der Waals surface area (Å²) in [5, 5.41) is 8.65. The fourth-order valence-electron chi connectivity index (χ4n) is 5.49. The number of nitrogens with zero attached hydrogens (tertiary/aromatic N) is 2. The molecule has 0 aliphatic carbocycles. The summed E-state index contributed by atoms with van der Waals surface area (Å²) in [4.78, 5) is 68.3. The summed E-state index contributed by atoms with van der Waals surface area (Å²) in [6.07, 6.45) is 5.73. The van der Waals surface area contributed by atoms with Crippen molar-refractivity contribution >= 4 is 29.5 Å². The molecule has 1 aliphatic rings. The molecule has 0 saturated heterocycles. The quantitative estimate of drug-likeness (QED) is 0.243. The van der Waals surface area contributed by atoms with Gasteiger partial charge in [-0.2, -0.15) is 0 Å². The van der Waals surface area contributed by atoms with Crippen LogP contribution in [-0.2, 0) is 30.4 Å². The number of hydrogen-bond acceptors (Lipinski definition) is 6. The van der Waals surface area contributed by atoms with Crippen LogP contribution in [0.1, 0.15) is 66.9 Å². The van der Waals surface area contributed by atoms with Crippen molar-refractivity contribution in [1.82, 2.24) is 25.8 Å². The molecule has 0 unspecified atom stereocenters. The summed E-state index contributed by atoms with van der Waals surface area (Å²) in [6.45, 7) is 13.7. The lowest BCUT2D eigenvalue weighted by atomic mass is 9.98. The Balaban J connectivity index is 2.04. The van der Waals surface area contributed by atoms with Crippen LogP contribution in [0.2, 0.25) is 0 Å². The van der Waals surface area contributed by atoms with E-state index in [1.54, 1.807) is 6.92 Å². The molecule has 4 atom stereocenters. The molecule has 1 aromatic rings. The van der Waals surface area contributed by atoms with Gasteiger partial charge in [-0.1, -0.05) is 78.0 Å². The normalized spacial score (nSPS) is 16.2. The van der Waals surface area contributed by atoms with Crippen LogP contribution in [0.25, 0.3) is 0 Å². The van der Waals surface area contributed by atoms with Crippen LogP contribution in [-0.4, -0.2) is 84.1 Å². The number of carbonyl (C=O) groups is 5. The van der Waals surface area contributed by atoms with Crippen molar-refractivity contribution in [3.05, 3.63) is 59.7 Å². The second-order valence-electron chi connectivity index (χ2n) is 13.4. The molecule has 2 rings (SSSR count). The standard InChI is InChI=1S/C35H53N5O5/c1-22(2)17-28(37-34(44)29(18-23(3)4)38-35(45)32(24(5)6)39(8)9)33(43)36-25(7)15-16-30(41)40-21-27(20-31(40)42)19-26-13-11-10-12-14-26/h10-16,20,22-25,28-29,32H,17-19,21H2,1-9H3,(H,36,43)(H,37,44)(H,38,45)/b16-15+/t25-,28-,29-,32-/m0/s1. The molecule has 1 aromatic carbocycles. The van der Waals surface area contributed by atoms with Gasteiger partial charge in [0.05, 0.1) is 12.6 Å². The number of nitrogens with one attached hydrogen (secondary N) is 3. The molecular formula is C35H53N5O5. The Labute approximate surface area is 269 Å². The molecule has 0 aromatic heterocycles. The third kappa shape index (κ3) is 12.3. The van der Waals surface area contributed by atoms with Crippen LogP contribution in [0.15, 0.2) is 54.1 Å². The Morgan fingerprint density at radius 2 is 1.36 bits per heavy atom. The second kappa shape index (κ2) is 17.6. The first-order valence-corrected chi connectivity index (χ1v) is 15.9. The summed E-state index contributed by atoms with van der Waals surface area (Å²) in [5.74, 6) is -1.59. The average molecular weight is 624 g/mol. The maximum Gasteiger partial charge on any atom is 0.253 e. The molecule has 0 spiro atoms. The lowest BCUT2D eigenvalue weighted by Gasteiger charge is -2.30. The molecule has 10 heteroatoms. The molecule has 45 heavy (non-hydrogen) atoms. The van der Waals surface area contributed by atoms with E-state index in [0.29, 0.717) is 19.3 Å². The highest BCUT2D eigenvalue weighted by Crippen LogP contribution is 2.17. The number of rotatable bonds is 16. The van der Waals surface area contributed by atoms with Crippen LogP contribution in [0.5, 0.6) is 0 Å². The smallest absolute Gasteiger partial charge is 0.253 e. The Morgan fingerprint density at radius 3 is 1.87 bits per heavy atom. The molecule has 1 aliphatic heterocycles. The van der Waals surface area contributed by atoms with Crippen molar-refractivity contribution in [2.45, 2.75) is 91.9 Å². The molecule has 0 bridgehead atoms. The summed E-state index contributed by atoms with van der Waals surface area (Å²) in [7, 11) is 3.66. The summed E-state index contributed by atoms with van der Waals surface area (Å²) < 4.78 is 0. The third-order valence-corrected chi connectivity index (χ3v) is 7.53. The zero-order valence-electron chi connectivity index (χ0n) is 28.4. The van der Waals surface area contributed by atoms with Crippen LogP contribution in [0.3, 0.4) is 0 Å². The van der Waals surface area contributed by atoms with Gasteiger partial charge < -0.3 is 16.0 Å². The Morgan fingerprint density at radius 1 is 0.822 bits per heavy atom. The van der Waals surface area contributed by atoms with E-state index in [2.05, 4.69) is 16.0 Å². The SMILES string of the molecule is CC(C)C[C@H](NC(=O)[C@H](CC(C)C)NC(=O)[C@H](C(C)C)N(C)C)C(=O)N[C@@H](C)/C=C/C(=O)N1CC(Cc2ccccc2)=CC1=O. The van der Waals surface area contributed by atoms with Gasteiger partial charge in [0.2, 0.25) is 17.7 Å². The van der Waals surface area contributed by atoms with Crippen LogP contribution < -0.4 is 16.0 Å². The van der Waals surface area contributed by atoms with Gasteiger partial charge in [0, 0.05) is 18.2 Å². The minimum atomic E-state index is -0.838. The van der Waals surface area contributed by atoms with Gasteiger partial charge in [0.25, 0.3) is 11.8 Å². The Bertz CT molecular complexity index is 1230. The second-order valence-corrected chi connectivity index (χ2v) is 13.4. The third-order valence-electron chi connectivity index (χ3n) is 7.53. The van der Waals surface area contributed by atoms with Gasteiger partial charge in [-0.25, -0.2) is 0 Å². The predicted molar refractivity (Wildman–Crippen MR) is 177 cm³/mol. The fraction of sp³-hybridized carbons (Fsp3) is 0.571. The van der Waals surface area contributed by atoms with Crippen molar-refractivity contribution in [1.29, 1.82) is 0 Å². The van der Waals surface area contributed by atoms with E-state index in [-0.39, 0.29) is 36.1 Å². The van der Waals surface area contributed by atoms with Crippen molar-refractivity contribution in [3.8, 4) is 0 Å². The highest BCUT2D eigenvalue weighted by Gasteiger charge is 2.32. The maximum atomic E-state index is 13.5. The lowest BCUT2D eigenvalue weighted by molar-refractivity contribution is -0.137. The van der Waals surface area contributed by atoms with Crippen molar-refractivity contribution in [2.24, 2.45) is 17.8 Å².